The zero-order valence-corrected chi connectivity index (χ0v) is 19.6. The SMILES string of the molecule is C=CCCC(OC)C(C)C(=O)OC(C(=O)NC(C)C(=O)N1CCCC(C(=O)O)N1)C(C)C. The highest BCUT2D eigenvalue weighted by Gasteiger charge is 2.35. The monoisotopic (exact) mass is 455 g/mol. The molecule has 5 atom stereocenters. The first-order valence-electron chi connectivity index (χ1n) is 11.0. The number of ether oxygens (including phenoxy) is 2. The summed E-state index contributed by atoms with van der Waals surface area (Å²) in [4.78, 5) is 49.3. The second kappa shape index (κ2) is 13.2. The molecule has 182 valence electrons. The average molecular weight is 456 g/mol. The molecule has 3 N–H and O–H groups in total. The molecule has 1 fully saturated rings. The van der Waals surface area contributed by atoms with Crippen molar-refractivity contribution in [2.24, 2.45) is 11.8 Å². The maximum absolute atomic E-state index is 12.8. The lowest BCUT2D eigenvalue weighted by Crippen LogP contribution is -2.60. The molecule has 0 aromatic rings. The van der Waals surface area contributed by atoms with E-state index in [1.165, 1.54) is 19.0 Å². The third-order valence-corrected chi connectivity index (χ3v) is 5.47. The molecule has 10 nitrogen and oxygen atoms in total. The molecule has 1 rings (SSSR count). The molecule has 1 heterocycles. The van der Waals surface area contributed by atoms with Crippen LogP contribution in [0.5, 0.6) is 0 Å². The van der Waals surface area contributed by atoms with Crippen LogP contribution in [-0.4, -0.2) is 71.8 Å². The van der Waals surface area contributed by atoms with E-state index < -0.39 is 47.9 Å². The number of rotatable bonds is 12. The lowest BCUT2D eigenvalue weighted by molar-refractivity contribution is -0.166. The van der Waals surface area contributed by atoms with Crippen LogP contribution >= 0.6 is 0 Å². The number of hydrogen-bond donors (Lipinski definition) is 3. The van der Waals surface area contributed by atoms with Crippen LogP contribution in [0.25, 0.3) is 0 Å². The highest BCUT2D eigenvalue weighted by molar-refractivity contribution is 5.90. The minimum absolute atomic E-state index is 0.327. The third-order valence-electron chi connectivity index (χ3n) is 5.47. The van der Waals surface area contributed by atoms with Gasteiger partial charge in [-0.25, -0.2) is 5.43 Å². The number of esters is 1. The van der Waals surface area contributed by atoms with Crippen LogP contribution in [0.15, 0.2) is 12.7 Å². The van der Waals surface area contributed by atoms with Gasteiger partial charge in [-0.05, 0) is 45.4 Å². The fourth-order valence-corrected chi connectivity index (χ4v) is 3.44. The van der Waals surface area contributed by atoms with Gasteiger partial charge in [-0.2, -0.15) is 0 Å². The molecule has 10 heteroatoms. The van der Waals surface area contributed by atoms with E-state index in [9.17, 15) is 19.2 Å². The first-order valence-corrected chi connectivity index (χ1v) is 11.0. The molecule has 2 amide bonds. The Hall–Kier alpha value is -2.46. The molecule has 1 aliphatic heterocycles. The van der Waals surface area contributed by atoms with Crippen LogP contribution in [0.3, 0.4) is 0 Å². The highest BCUT2D eigenvalue weighted by Crippen LogP contribution is 2.18. The molecule has 0 saturated carbocycles. The Morgan fingerprint density at radius 3 is 2.44 bits per heavy atom. The van der Waals surface area contributed by atoms with Crippen molar-refractivity contribution >= 4 is 23.8 Å². The van der Waals surface area contributed by atoms with Crippen molar-refractivity contribution in [3.8, 4) is 0 Å². The minimum Gasteiger partial charge on any atom is -0.480 e. The number of amides is 2. The molecule has 1 aliphatic rings. The number of methoxy groups -OCH3 is 1. The van der Waals surface area contributed by atoms with Crippen LogP contribution < -0.4 is 10.7 Å². The predicted octanol–water partition coefficient (Wildman–Crippen LogP) is 1.26. The first-order chi connectivity index (χ1) is 15.0. The maximum Gasteiger partial charge on any atom is 0.322 e. The molecule has 32 heavy (non-hydrogen) atoms. The number of hydrogen-bond acceptors (Lipinski definition) is 7. The predicted molar refractivity (Wildman–Crippen MR) is 117 cm³/mol. The van der Waals surface area contributed by atoms with Gasteiger partial charge in [0.2, 0.25) is 0 Å². The van der Waals surface area contributed by atoms with E-state index in [0.29, 0.717) is 32.2 Å². The van der Waals surface area contributed by atoms with Gasteiger partial charge in [0.05, 0.1) is 12.0 Å². The molecule has 0 bridgehead atoms. The summed E-state index contributed by atoms with van der Waals surface area (Å²) in [5, 5.41) is 13.0. The van der Waals surface area contributed by atoms with E-state index in [1.54, 1.807) is 26.8 Å². The van der Waals surface area contributed by atoms with E-state index >= 15 is 0 Å². The Morgan fingerprint density at radius 2 is 1.91 bits per heavy atom. The van der Waals surface area contributed by atoms with Gasteiger partial charge in [-0.15, -0.1) is 6.58 Å². The second-order valence-corrected chi connectivity index (χ2v) is 8.41. The van der Waals surface area contributed by atoms with Crippen LogP contribution in [0.1, 0.15) is 53.4 Å². The molecule has 1 saturated heterocycles. The molecule has 0 radical (unpaired) electrons. The van der Waals surface area contributed by atoms with Crippen molar-refractivity contribution in [1.29, 1.82) is 0 Å². The molecular weight excluding hydrogens is 418 g/mol. The third kappa shape index (κ3) is 7.90. The molecule has 0 aromatic heterocycles. The van der Waals surface area contributed by atoms with Gasteiger partial charge in [-0.1, -0.05) is 19.9 Å². The zero-order chi connectivity index (χ0) is 24.4. The molecular formula is C22H37N3O7. The van der Waals surface area contributed by atoms with E-state index in [0.717, 1.165) is 0 Å². The summed E-state index contributed by atoms with van der Waals surface area (Å²) in [6, 6.07) is -1.78. The first kappa shape index (κ1) is 27.6. The van der Waals surface area contributed by atoms with Crippen molar-refractivity contribution in [1.82, 2.24) is 15.8 Å². The van der Waals surface area contributed by atoms with Gasteiger partial charge in [0, 0.05) is 13.7 Å². The topological polar surface area (TPSA) is 134 Å². The van der Waals surface area contributed by atoms with Crippen molar-refractivity contribution in [3.05, 3.63) is 12.7 Å². The summed E-state index contributed by atoms with van der Waals surface area (Å²) >= 11 is 0. The molecule has 0 spiro atoms. The van der Waals surface area contributed by atoms with Crippen LogP contribution in [0.2, 0.25) is 0 Å². The summed E-state index contributed by atoms with van der Waals surface area (Å²) in [7, 11) is 1.51. The van der Waals surface area contributed by atoms with E-state index in [-0.39, 0.29) is 12.0 Å². The normalized spacial score (nSPS) is 20.1. The van der Waals surface area contributed by atoms with Crippen molar-refractivity contribution < 1.29 is 33.8 Å². The quantitative estimate of drug-likeness (QED) is 0.296. The maximum atomic E-state index is 12.8. The number of allylic oxidation sites excluding steroid dienone is 1. The van der Waals surface area contributed by atoms with E-state index in [4.69, 9.17) is 14.6 Å². The Labute approximate surface area is 189 Å². The lowest BCUT2D eigenvalue weighted by atomic mass is 9.99. The van der Waals surface area contributed by atoms with Gasteiger partial charge >= 0.3 is 11.9 Å². The minimum atomic E-state index is -1.09. The second-order valence-electron chi connectivity index (χ2n) is 8.41. The molecule has 5 unspecified atom stereocenters. The number of aliphatic carboxylic acids is 1. The summed E-state index contributed by atoms with van der Waals surface area (Å²) in [6.45, 7) is 10.7. The van der Waals surface area contributed by atoms with Crippen LogP contribution in [0, 0.1) is 11.8 Å². The lowest BCUT2D eigenvalue weighted by Gasteiger charge is -2.34. The number of carboxylic acids is 1. The Balaban J connectivity index is 2.75. The molecule has 0 aromatic carbocycles. The van der Waals surface area contributed by atoms with Gasteiger partial charge in [-0.3, -0.25) is 24.2 Å². The van der Waals surface area contributed by atoms with Crippen LogP contribution in [-0.2, 0) is 28.7 Å². The number of hydrazine groups is 1. The number of carbonyl (C=O) groups is 4. The number of nitrogens with zero attached hydrogens (tertiary/aromatic N) is 1. The molecule has 0 aliphatic carbocycles. The summed E-state index contributed by atoms with van der Waals surface area (Å²) in [5.74, 6) is -3.56. The zero-order valence-electron chi connectivity index (χ0n) is 19.6. The number of carboxylic acid groups (broad SMARTS) is 1. The van der Waals surface area contributed by atoms with Gasteiger partial charge in [0.15, 0.2) is 6.10 Å². The largest absolute Gasteiger partial charge is 0.480 e. The Bertz CT molecular complexity index is 682. The standard InChI is InChI=1S/C22H37N3O7/c1-7-8-11-17(31-6)14(4)22(30)32-18(13(2)3)19(26)23-15(5)20(27)25-12-9-10-16(24-25)21(28)29/h7,13-18,24H,1,8-12H2,2-6H3,(H,23,26)(H,28,29). The summed E-state index contributed by atoms with van der Waals surface area (Å²) < 4.78 is 10.9. The average Bonchev–Trinajstić information content (AvgIpc) is 2.76. The van der Waals surface area contributed by atoms with E-state index in [1.807, 2.05) is 0 Å². The van der Waals surface area contributed by atoms with Gasteiger partial charge < -0.3 is 19.9 Å². The Morgan fingerprint density at radius 1 is 1.25 bits per heavy atom. The van der Waals surface area contributed by atoms with Crippen molar-refractivity contribution in [2.75, 3.05) is 13.7 Å². The Kier molecular flexibility index (Phi) is 11.3. The van der Waals surface area contributed by atoms with Crippen molar-refractivity contribution in [2.45, 2.75) is 77.7 Å². The fourth-order valence-electron chi connectivity index (χ4n) is 3.44. The number of nitrogens with one attached hydrogen (secondary N) is 2. The van der Waals surface area contributed by atoms with E-state index in [2.05, 4.69) is 17.3 Å². The smallest absolute Gasteiger partial charge is 0.322 e. The summed E-state index contributed by atoms with van der Waals surface area (Å²) in [5.41, 5.74) is 2.67. The van der Waals surface area contributed by atoms with Crippen molar-refractivity contribution in [3.63, 3.8) is 0 Å². The number of carbonyl (C=O) groups excluding carboxylic acids is 3. The van der Waals surface area contributed by atoms with Gasteiger partial charge in [0.1, 0.15) is 12.1 Å². The highest BCUT2D eigenvalue weighted by atomic mass is 16.6. The van der Waals surface area contributed by atoms with Crippen LogP contribution in [0.4, 0.5) is 0 Å². The van der Waals surface area contributed by atoms with Gasteiger partial charge in [0.25, 0.3) is 11.8 Å². The fraction of sp³-hybridized carbons (Fsp3) is 0.727. The summed E-state index contributed by atoms with van der Waals surface area (Å²) in [6.07, 6.45) is 2.51.